The van der Waals surface area contributed by atoms with Gasteiger partial charge in [0.2, 0.25) is 5.91 Å². The Morgan fingerprint density at radius 3 is 2.81 bits per heavy atom. The van der Waals surface area contributed by atoms with E-state index < -0.39 is 0 Å². The summed E-state index contributed by atoms with van der Waals surface area (Å²) in [6.07, 6.45) is 5.79. The summed E-state index contributed by atoms with van der Waals surface area (Å²) in [5, 5.41) is 16.3. The first-order valence-corrected chi connectivity index (χ1v) is 12.4. The van der Waals surface area contributed by atoms with E-state index in [-0.39, 0.29) is 5.91 Å². The quantitative estimate of drug-likeness (QED) is 0.348. The molecular weight excluding hydrogens is 448 g/mol. The van der Waals surface area contributed by atoms with Crippen LogP contribution in [0.2, 0.25) is 5.02 Å². The van der Waals surface area contributed by atoms with E-state index in [4.69, 9.17) is 16.6 Å². The zero-order valence-electron chi connectivity index (χ0n) is 16.9. The van der Waals surface area contributed by atoms with Crippen LogP contribution in [0.3, 0.4) is 0 Å². The molecule has 0 spiro atoms. The van der Waals surface area contributed by atoms with Crippen molar-refractivity contribution in [2.24, 2.45) is 0 Å². The van der Waals surface area contributed by atoms with Gasteiger partial charge in [0.05, 0.1) is 11.3 Å². The van der Waals surface area contributed by atoms with E-state index in [1.807, 2.05) is 35.7 Å². The van der Waals surface area contributed by atoms with E-state index in [0.29, 0.717) is 27.9 Å². The van der Waals surface area contributed by atoms with Crippen molar-refractivity contribution in [1.82, 2.24) is 9.97 Å². The minimum atomic E-state index is -0.0993. The highest BCUT2D eigenvalue weighted by Crippen LogP contribution is 2.28. The minimum absolute atomic E-state index is 0.0993. The maximum Gasteiger partial charge on any atom is 0.226 e. The molecule has 0 bridgehead atoms. The Bertz CT molecular complexity index is 1120. The summed E-state index contributed by atoms with van der Waals surface area (Å²) in [6.45, 7) is 0. The lowest BCUT2D eigenvalue weighted by molar-refractivity contribution is -0.115. The van der Waals surface area contributed by atoms with E-state index in [9.17, 15) is 10.1 Å². The Kier molecular flexibility index (Phi) is 7.23. The van der Waals surface area contributed by atoms with Gasteiger partial charge in [-0.3, -0.25) is 4.79 Å². The number of amides is 1. The van der Waals surface area contributed by atoms with Gasteiger partial charge in [0.1, 0.15) is 11.1 Å². The zero-order valence-corrected chi connectivity index (χ0v) is 19.2. The predicted molar refractivity (Wildman–Crippen MR) is 127 cm³/mol. The summed E-state index contributed by atoms with van der Waals surface area (Å²) in [7, 11) is 0. The van der Waals surface area contributed by atoms with Crippen LogP contribution in [0.15, 0.2) is 40.7 Å². The van der Waals surface area contributed by atoms with Crippen LogP contribution >= 0.6 is 34.7 Å². The Morgan fingerprint density at radius 2 is 2.00 bits per heavy atom. The number of nitrogens with one attached hydrogen (secondary N) is 1. The number of anilines is 1. The van der Waals surface area contributed by atoms with Crippen molar-refractivity contribution in [1.29, 1.82) is 5.26 Å². The molecule has 0 atom stereocenters. The van der Waals surface area contributed by atoms with Gasteiger partial charge in [-0.05, 0) is 49.4 Å². The van der Waals surface area contributed by atoms with Gasteiger partial charge in [-0.2, -0.15) is 5.26 Å². The van der Waals surface area contributed by atoms with Gasteiger partial charge >= 0.3 is 0 Å². The fraction of sp³-hybridized carbons (Fsp3) is 0.304. The first kappa shape index (κ1) is 21.8. The van der Waals surface area contributed by atoms with E-state index in [1.54, 1.807) is 0 Å². The molecule has 2 aromatic heterocycles. The largest absolute Gasteiger partial charge is 0.302 e. The van der Waals surface area contributed by atoms with Crippen LogP contribution in [0, 0.1) is 11.3 Å². The first-order chi connectivity index (χ1) is 15.1. The number of benzene rings is 1. The van der Waals surface area contributed by atoms with E-state index in [1.165, 1.54) is 35.1 Å². The molecule has 4 rings (SSSR count). The number of carbonyl (C=O) groups excluding carboxylic acids is 1. The molecule has 158 valence electrons. The molecule has 8 heteroatoms. The Hall–Kier alpha value is -2.40. The number of aryl methyl sites for hydroxylation is 2. The van der Waals surface area contributed by atoms with Gasteiger partial charge in [0, 0.05) is 33.8 Å². The second kappa shape index (κ2) is 10.3. The summed E-state index contributed by atoms with van der Waals surface area (Å²) < 4.78 is 0. The highest BCUT2D eigenvalue weighted by Gasteiger charge is 2.15. The van der Waals surface area contributed by atoms with Crippen molar-refractivity contribution < 1.29 is 4.79 Å². The van der Waals surface area contributed by atoms with Crippen LogP contribution in [0.1, 0.15) is 42.5 Å². The second-order valence-electron chi connectivity index (χ2n) is 7.31. The number of nitriles is 1. The molecule has 1 aliphatic rings. The second-order valence-corrected chi connectivity index (χ2v) is 9.69. The summed E-state index contributed by atoms with van der Waals surface area (Å²) >= 11 is 8.79. The highest BCUT2D eigenvalue weighted by molar-refractivity contribution is 7.99. The number of hydrogen-bond donors (Lipinski definition) is 1. The fourth-order valence-corrected chi connectivity index (χ4v) is 5.27. The molecular formula is C23H21ClN4OS2. The van der Waals surface area contributed by atoms with E-state index >= 15 is 0 Å². The molecule has 1 N–H and O–H groups in total. The number of nitrogens with zero attached hydrogens (tertiary/aromatic N) is 3. The van der Waals surface area contributed by atoms with Crippen LogP contribution in [0.4, 0.5) is 5.13 Å². The van der Waals surface area contributed by atoms with Crippen LogP contribution in [-0.4, -0.2) is 21.6 Å². The third-order valence-electron chi connectivity index (χ3n) is 5.09. The fourth-order valence-electron chi connectivity index (χ4n) is 3.49. The van der Waals surface area contributed by atoms with Crippen LogP contribution in [0.25, 0.3) is 11.3 Å². The molecule has 5 nitrogen and oxygen atoms in total. The van der Waals surface area contributed by atoms with E-state index in [2.05, 4.69) is 16.4 Å². The van der Waals surface area contributed by atoms with Gasteiger partial charge < -0.3 is 5.32 Å². The average Bonchev–Trinajstić information content (AvgIpc) is 3.10. The monoisotopic (exact) mass is 468 g/mol. The summed E-state index contributed by atoms with van der Waals surface area (Å²) in [6, 6.07) is 11.7. The minimum Gasteiger partial charge on any atom is -0.302 e. The lowest BCUT2D eigenvalue weighted by atomic mass is 10.1. The zero-order chi connectivity index (χ0) is 21.6. The molecule has 1 amide bonds. The molecule has 31 heavy (non-hydrogen) atoms. The molecule has 0 fully saturated rings. The molecule has 0 aliphatic heterocycles. The van der Waals surface area contributed by atoms with Crippen molar-refractivity contribution in [3.05, 3.63) is 57.6 Å². The molecule has 0 unspecified atom stereocenters. The summed E-state index contributed by atoms with van der Waals surface area (Å²) in [5.74, 6) is 0.458. The molecule has 1 aromatic carbocycles. The normalized spacial score (nSPS) is 13.2. The first-order valence-electron chi connectivity index (χ1n) is 10.2. The van der Waals surface area contributed by atoms with Crippen molar-refractivity contribution in [2.75, 3.05) is 11.1 Å². The maximum atomic E-state index is 12.4. The highest BCUT2D eigenvalue weighted by atomic mass is 35.5. The van der Waals surface area contributed by atoms with Gasteiger partial charge in [-0.15, -0.1) is 23.1 Å². The molecule has 1 aliphatic carbocycles. The van der Waals surface area contributed by atoms with Gasteiger partial charge in [-0.1, -0.05) is 30.2 Å². The number of carbonyl (C=O) groups is 1. The number of aromatic nitrogens is 2. The van der Waals surface area contributed by atoms with Crippen molar-refractivity contribution in [2.45, 2.75) is 43.6 Å². The number of thiazole rings is 1. The number of thioether (sulfide) groups is 1. The topological polar surface area (TPSA) is 78.7 Å². The SMILES string of the molecule is N#Cc1cc2c(nc1SCCC(=O)Nc1nc(-c3ccc(Cl)cc3)cs1)CCCCC2. The smallest absolute Gasteiger partial charge is 0.226 e. The Morgan fingerprint density at radius 1 is 1.19 bits per heavy atom. The van der Waals surface area contributed by atoms with Crippen molar-refractivity contribution in [3.8, 4) is 17.3 Å². The van der Waals surface area contributed by atoms with Crippen molar-refractivity contribution in [3.63, 3.8) is 0 Å². The number of halogens is 1. The molecule has 0 radical (unpaired) electrons. The predicted octanol–water partition coefficient (Wildman–Crippen LogP) is 6.12. The number of fused-ring (bicyclic) bond motifs is 1. The lowest BCUT2D eigenvalue weighted by Gasteiger charge is -2.09. The summed E-state index contributed by atoms with van der Waals surface area (Å²) in [5.41, 5.74) is 4.69. The summed E-state index contributed by atoms with van der Waals surface area (Å²) in [4.78, 5) is 21.6. The Balaban J connectivity index is 1.33. The van der Waals surface area contributed by atoms with Crippen LogP contribution in [-0.2, 0) is 17.6 Å². The third kappa shape index (κ3) is 5.65. The van der Waals surface area contributed by atoms with Crippen LogP contribution in [0.5, 0.6) is 0 Å². The van der Waals surface area contributed by atoms with Gasteiger partial charge in [0.25, 0.3) is 0 Å². The van der Waals surface area contributed by atoms with Crippen molar-refractivity contribution >= 4 is 45.7 Å². The number of rotatable bonds is 6. The lowest BCUT2D eigenvalue weighted by Crippen LogP contribution is -2.12. The van der Waals surface area contributed by atoms with E-state index in [0.717, 1.165) is 47.7 Å². The number of hydrogen-bond acceptors (Lipinski definition) is 6. The molecule has 0 saturated carbocycles. The number of pyridine rings is 1. The Labute approximate surface area is 194 Å². The maximum absolute atomic E-state index is 12.4. The molecule has 2 heterocycles. The standard InChI is InChI=1S/C23H21ClN4OS2/c24-18-8-6-15(7-9-18)20-14-31-23(27-20)28-21(29)10-11-30-22-17(13-25)12-16-4-2-1-3-5-19(16)26-22/h6-9,12,14H,1-5,10-11H2,(H,27,28,29). The third-order valence-corrected chi connectivity index (χ3v) is 7.10. The van der Waals surface area contributed by atoms with Crippen LogP contribution < -0.4 is 5.32 Å². The average molecular weight is 469 g/mol. The van der Waals surface area contributed by atoms with Gasteiger partial charge in [-0.25, -0.2) is 9.97 Å². The van der Waals surface area contributed by atoms with Gasteiger partial charge in [0.15, 0.2) is 5.13 Å². The molecule has 3 aromatic rings. The molecule has 0 saturated heterocycles.